The molecule has 0 saturated carbocycles. The van der Waals surface area contributed by atoms with Gasteiger partial charge in [-0.25, -0.2) is 9.97 Å². The highest BCUT2D eigenvalue weighted by atomic mass is 16.5. The van der Waals surface area contributed by atoms with Crippen molar-refractivity contribution < 1.29 is 9.53 Å². The van der Waals surface area contributed by atoms with Crippen LogP contribution in [-0.2, 0) is 16.1 Å². The number of ether oxygens (including phenoxy) is 1. The first-order valence-electron chi connectivity index (χ1n) is 5.65. The van der Waals surface area contributed by atoms with Crippen molar-refractivity contribution in [1.29, 1.82) is 0 Å². The van der Waals surface area contributed by atoms with E-state index in [2.05, 4.69) is 20.2 Å². The molecule has 1 fully saturated rings. The van der Waals surface area contributed by atoms with E-state index < -0.39 is 0 Å². The van der Waals surface area contributed by atoms with Crippen LogP contribution in [0.3, 0.4) is 0 Å². The Bertz CT molecular complexity index is 391. The van der Waals surface area contributed by atoms with Crippen LogP contribution in [0.25, 0.3) is 0 Å². The summed E-state index contributed by atoms with van der Waals surface area (Å²) < 4.78 is 5.29. The standard InChI is InChI=1S/C11H16N4O2/c1-9(16)13-8-10-12-3-2-11(14-10)15-4-6-17-7-5-15/h2-3H,4-8H2,1H3,(H,13,16). The summed E-state index contributed by atoms with van der Waals surface area (Å²) in [6.45, 7) is 4.99. The van der Waals surface area contributed by atoms with Crippen LogP contribution >= 0.6 is 0 Å². The quantitative estimate of drug-likeness (QED) is 0.797. The molecule has 2 rings (SSSR count). The molecule has 92 valence electrons. The van der Waals surface area contributed by atoms with Gasteiger partial charge in [-0.05, 0) is 6.07 Å². The number of hydrogen-bond donors (Lipinski definition) is 1. The molecule has 1 amide bonds. The third kappa shape index (κ3) is 3.39. The molecular weight excluding hydrogens is 220 g/mol. The van der Waals surface area contributed by atoms with Gasteiger partial charge in [-0.15, -0.1) is 0 Å². The Balaban J connectivity index is 2.02. The highest BCUT2D eigenvalue weighted by molar-refractivity contribution is 5.72. The summed E-state index contributed by atoms with van der Waals surface area (Å²) in [5.41, 5.74) is 0. The zero-order chi connectivity index (χ0) is 12.1. The van der Waals surface area contributed by atoms with Crippen molar-refractivity contribution in [2.45, 2.75) is 13.5 Å². The zero-order valence-corrected chi connectivity index (χ0v) is 9.85. The second kappa shape index (κ2) is 5.58. The van der Waals surface area contributed by atoms with E-state index in [0.29, 0.717) is 12.4 Å². The van der Waals surface area contributed by atoms with E-state index in [1.165, 1.54) is 6.92 Å². The summed E-state index contributed by atoms with van der Waals surface area (Å²) in [5, 5.41) is 2.68. The van der Waals surface area contributed by atoms with Crippen LogP contribution in [0.5, 0.6) is 0 Å². The maximum Gasteiger partial charge on any atom is 0.217 e. The molecular formula is C11H16N4O2. The molecule has 0 unspecified atom stereocenters. The number of anilines is 1. The zero-order valence-electron chi connectivity index (χ0n) is 9.85. The Morgan fingerprint density at radius 2 is 2.29 bits per heavy atom. The minimum Gasteiger partial charge on any atom is -0.378 e. The van der Waals surface area contributed by atoms with Gasteiger partial charge in [-0.1, -0.05) is 0 Å². The number of carbonyl (C=O) groups excluding carboxylic acids is 1. The Labute approximate surface area is 100 Å². The Morgan fingerprint density at radius 3 is 3.00 bits per heavy atom. The molecule has 6 nitrogen and oxygen atoms in total. The fourth-order valence-corrected chi connectivity index (χ4v) is 1.65. The van der Waals surface area contributed by atoms with Crippen LogP contribution in [0.1, 0.15) is 12.7 Å². The predicted molar refractivity (Wildman–Crippen MR) is 62.6 cm³/mol. The van der Waals surface area contributed by atoms with Gasteiger partial charge in [0.15, 0.2) is 0 Å². The molecule has 1 saturated heterocycles. The van der Waals surface area contributed by atoms with Crippen molar-refractivity contribution in [3.8, 4) is 0 Å². The highest BCUT2D eigenvalue weighted by Gasteiger charge is 2.12. The van der Waals surface area contributed by atoms with Crippen molar-refractivity contribution in [1.82, 2.24) is 15.3 Å². The predicted octanol–water partition coefficient (Wildman–Crippen LogP) is -0.0507. The summed E-state index contributed by atoms with van der Waals surface area (Å²) in [5.74, 6) is 1.44. The number of carbonyl (C=O) groups is 1. The summed E-state index contributed by atoms with van der Waals surface area (Å²) in [4.78, 5) is 21.5. The molecule has 0 aliphatic carbocycles. The molecule has 1 aromatic rings. The Morgan fingerprint density at radius 1 is 1.53 bits per heavy atom. The summed E-state index contributed by atoms with van der Waals surface area (Å²) in [6, 6.07) is 1.88. The number of hydrogen-bond acceptors (Lipinski definition) is 5. The van der Waals surface area contributed by atoms with Crippen LogP contribution < -0.4 is 10.2 Å². The summed E-state index contributed by atoms with van der Waals surface area (Å²) >= 11 is 0. The number of amides is 1. The largest absolute Gasteiger partial charge is 0.378 e. The molecule has 0 aromatic carbocycles. The average Bonchev–Trinajstić information content (AvgIpc) is 2.38. The maximum absolute atomic E-state index is 10.8. The number of rotatable bonds is 3. The Hall–Kier alpha value is -1.69. The van der Waals surface area contributed by atoms with Crippen molar-refractivity contribution >= 4 is 11.7 Å². The minimum atomic E-state index is -0.0784. The number of nitrogens with zero attached hydrogens (tertiary/aromatic N) is 3. The lowest BCUT2D eigenvalue weighted by Crippen LogP contribution is -2.37. The van der Waals surface area contributed by atoms with E-state index in [0.717, 1.165) is 32.1 Å². The maximum atomic E-state index is 10.8. The monoisotopic (exact) mass is 236 g/mol. The molecule has 0 spiro atoms. The first-order chi connectivity index (χ1) is 8.25. The smallest absolute Gasteiger partial charge is 0.217 e. The van der Waals surface area contributed by atoms with E-state index >= 15 is 0 Å². The van der Waals surface area contributed by atoms with Gasteiger partial charge in [0.1, 0.15) is 11.6 Å². The lowest BCUT2D eigenvalue weighted by atomic mass is 10.4. The number of aromatic nitrogens is 2. The molecule has 2 heterocycles. The minimum absolute atomic E-state index is 0.0784. The van der Waals surface area contributed by atoms with E-state index in [1.54, 1.807) is 6.20 Å². The second-order valence-electron chi connectivity index (χ2n) is 3.84. The topological polar surface area (TPSA) is 67.4 Å². The van der Waals surface area contributed by atoms with E-state index in [9.17, 15) is 4.79 Å². The van der Waals surface area contributed by atoms with E-state index in [-0.39, 0.29) is 5.91 Å². The molecule has 1 N–H and O–H groups in total. The lowest BCUT2D eigenvalue weighted by Gasteiger charge is -2.27. The van der Waals surface area contributed by atoms with Gasteiger partial charge in [0, 0.05) is 26.2 Å². The van der Waals surface area contributed by atoms with Gasteiger partial charge in [-0.3, -0.25) is 4.79 Å². The van der Waals surface area contributed by atoms with Crippen molar-refractivity contribution in [3.63, 3.8) is 0 Å². The fraction of sp³-hybridized carbons (Fsp3) is 0.545. The molecule has 17 heavy (non-hydrogen) atoms. The van der Waals surface area contributed by atoms with Crippen LogP contribution in [0.15, 0.2) is 12.3 Å². The van der Waals surface area contributed by atoms with Crippen molar-refractivity contribution in [2.24, 2.45) is 0 Å². The molecule has 6 heteroatoms. The second-order valence-corrected chi connectivity index (χ2v) is 3.84. The fourth-order valence-electron chi connectivity index (χ4n) is 1.65. The van der Waals surface area contributed by atoms with Gasteiger partial charge in [0.05, 0.1) is 19.8 Å². The normalized spacial score (nSPS) is 15.7. The van der Waals surface area contributed by atoms with E-state index in [1.807, 2.05) is 6.07 Å². The third-order valence-corrected chi connectivity index (χ3v) is 2.52. The molecule has 0 bridgehead atoms. The van der Waals surface area contributed by atoms with Gasteiger partial charge in [0.2, 0.25) is 5.91 Å². The number of morpholine rings is 1. The van der Waals surface area contributed by atoms with Gasteiger partial charge < -0.3 is 15.0 Å². The third-order valence-electron chi connectivity index (χ3n) is 2.52. The lowest BCUT2D eigenvalue weighted by molar-refractivity contribution is -0.119. The Kier molecular flexibility index (Phi) is 3.87. The first-order valence-corrected chi connectivity index (χ1v) is 5.65. The van der Waals surface area contributed by atoms with Crippen molar-refractivity contribution in [2.75, 3.05) is 31.2 Å². The molecule has 1 aliphatic rings. The molecule has 0 radical (unpaired) electrons. The molecule has 1 aliphatic heterocycles. The summed E-state index contributed by atoms with van der Waals surface area (Å²) in [6.07, 6.45) is 1.72. The summed E-state index contributed by atoms with van der Waals surface area (Å²) in [7, 11) is 0. The highest BCUT2D eigenvalue weighted by Crippen LogP contribution is 2.11. The van der Waals surface area contributed by atoms with Gasteiger partial charge >= 0.3 is 0 Å². The SMILES string of the molecule is CC(=O)NCc1nccc(N2CCOCC2)n1. The first kappa shape index (κ1) is 11.8. The number of nitrogens with one attached hydrogen (secondary N) is 1. The van der Waals surface area contributed by atoms with Crippen LogP contribution in [0.2, 0.25) is 0 Å². The van der Waals surface area contributed by atoms with Crippen LogP contribution in [-0.4, -0.2) is 42.2 Å². The van der Waals surface area contributed by atoms with Gasteiger partial charge in [-0.2, -0.15) is 0 Å². The van der Waals surface area contributed by atoms with Crippen LogP contribution in [0.4, 0.5) is 5.82 Å². The average molecular weight is 236 g/mol. The van der Waals surface area contributed by atoms with Crippen molar-refractivity contribution in [3.05, 3.63) is 18.1 Å². The molecule has 0 atom stereocenters. The van der Waals surface area contributed by atoms with Gasteiger partial charge in [0.25, 0.3) is 0 Å². The molecule has 1 aromatic heterocycles. The van der Waals surface area contributed by atoms with Crippen LogP contribution in [0, 0.1) is 0 Å². The van der Waals surface area contributed by atoms with E-state index in [4.69, 9.17) is 4.74 Å².